The van der Waals surface area contributed by atoms with Crippen LogP contribution in [0.4, 0.5) is 0 Å². The molecule has 10 nitrogen and oxygen atoms in total. The summed E-state index contributed by atoms with van der Waals surface area (Å²) in [5.41, 5.74) is 4.85. The molecule has 0 radical (unpaired) electrons. The van der Waals surface area contributed by atoms with E-state index in [1.165, 1.54) is 4.57 Å². The molecule has 2 N–H and O–H groups in total. The van der Waals surface area contributed by atoms with Gasteiger partial charge in [-0.15, -0.1) is 0 Å². The SMILES string of the molecule is Cc1ccc(CCC(=O)N(CCc2ccc3c(c2)OCO3)CC(O)C(Cc2ccccc2)NC(=O)CCn2c(=O)oc3ccccc32)cc1Cl. The number of benzene rings is 4. The molecular weight excluding hydrogens is 658 g/mol. The zero-order chi connectivity index (χ0) is 35.0. The Kier molecular flexibility index (Phi) is 11.2. The second kappa shape index (κ2) is 16.1. The van der Waals surface area contributed by atoms with E-state index in [0.717, 1.165) is 22.3 Å². The summed E-state index contributed by atoms with van der Waals surface area (Å²) >= 11 is 6.34. The molecule has 0 saturated heterocycles. The molecule has 11 heteroatoms. The number of hydrogen-bond donors (Lipinski definition) is 2. The van der Waals surface area contributed by atoms with Gasteiger partial charge in [0, 0.05) is 37.5 Å². The van der Waals surface area contributed by atoms with Crippen LogP contribution in [0.25, 0.3) is 11.1 Å². The van der Waals surface area contributed by atoms with Gasteiger partial charge >= 0.3 is 5.76 Å². The molecular formula is C39H40ClN3O7. The molecule has 2 amide bonds. The highest BCUT2D eigenvalue weighted by molar-refractivity contribution is 6.31. The van der Waals surface area contributed by atoms with Crippen molar-refractivity contribution in [2.45, 2.75) is 57.7 Å². The molecule has 260 valence electrons. The smallest absolute Gasteiger partial charge is 0.419 e. The van der Waals surface area contributed by atoms with Gasteiger partial charge in [0.25, 0.3) is 0 Å². The van der Waals surface area contributed by atoms with E-state index in [9.17, 15) is 19.5 Å². The van der Waals surface area contributed by atoms with Gasteiger partial charge < -0.3 is 29.2 Å². The minimum absolute atomic E-state index is 0.00163. The minimum Gasteiger partial charge on any atom is -0.454 e. The van der Waals surface area contributed by atoms with E-state index in [1.807, 2.05) is 73.7 Å². The van der Waals surface area contributed by atoms with E-state index in [1.54, 1.807) is 29.2 Å². The summed E-state index contributed by atoms with van der Waals surface area (Å²) in [4.78, 5) is 41.3. The number of ether oxygens (including phenoxy) is 2. The fourth-order valence-electron chi connectivity index (χ4n) is 6.10. The second-order valence-corrected chi connectivity index (χ2v) is 12.9. The number of aliphatic hydroxyl groups is 1. The quantitative estimate of drug-likeness (QED) is 0.149. The highest BCUT2D eigenvalue weighted by Gasteiger charge is 2.27. The summed E-state index contributed by atoms with van der Waals surface area (Å²) in [6, 6.07) is 27.4. The first-order valence-corrected chi connectivity index (χ1v) is 17.1. The number of para-hydroxylation sites is 2. The van der Waals surface area contributed by atoms with Crippen molar-refractivity contribution >= 4 is 34.5 Å². The van der Waals surface area contributed by atoms with Crippen molar-refractivity contribution in [1.29, 1.82) is 0 Å². The average molecular weight is 698 g/mol. The highest BCUT2D eigenvalue weighted by atomic mass is 35.5. The first kappa shape index (κ1) is 34.8. The van der Waals surface area contributed by atoms with Crippen LogP contribution in [0.1, 0.15) is 35.1 Å². The van der Waals surface area contributed by atoms with E-state index in [-0.39, 0.29) is 44.5 Å². The lowest BCUT2D eigenvalue weighted by Gasteiger charge is -2.31. The van der Waals surface area contributed by atoms with Crippen molar-refractivity contribution < 1.29 is 28.6 Å². The number of fused-ring (bicyclic) bond motifs is 2. The third kappa shape index (κ3) is 8.74. The Morgan fingerprint density at radius 1 is 0.900 bits per heavy atom. The van der Waals surface area contributed by atoms with Crippen molar-refractivity contribution in [2.24, 2.45) is 0 Å². The molecule has 5 aromatic rings. The number of aryl methyl sites for hydroxylation is 3. The number of hydrogen-bond acceptors (Lipinski definition) is 7. The Labute approximate surface area is 295 Å². The molecule has 0 spiro atoms. The third-order valence-corrected chi connectivity index (χ3v) is 9.38. The zero-order valence-corrected chi connectivity index (χ0v) is 28.6. The monoisotopic (exact) mass is 697 g/mol. The normalized spacial score (nSPS) is 13.3. The summed E-state index contributed by atoms with van der Waals surface area (Å²) in [7, 11) is 0. The molecule has 0 aliphatic carbocycles. The minimum atomic E-state index is -1.09. The van der Waals surface area contributed by atoms with E-state index in [0.29, 0.717) is 53.4 Å². The molecule has 50 heavy (non-hydrogen) atoms. The number of amides is 2. The highest BCUT2D eigenvalue weighted by Crippen LogP contribution is 2.32. The summed E-state index contributed by atoms with van der Waals surface area (Å²) in [6.07, 6.45) is 0.472. The predicted molar refractivity (Wildman–Crippen MR) is 191 cm³/mol. The maximum atomic E-state index is 13.8. The van der Waals surface area contributed by atoms with Gasteiger partial charge in [-0.05, 0) is 78.8 Å². The van der Waals surface area contributed by atoms with Gasteiger partial charge in [0.15, 0.2) is 17.1 Å². The van der Waals surface area contributed by atoms with Crippen LogP contribution in [0.2, 0.25) is 5.02 Å². The van der Waals surface area contributed by atoms with Gasteiger partial charge in [0.1, 0.15) is 0 Å². The van der Waals surface area contributed by atoms with Crippen LogP contribution in [-0.4, -0.2) is 58.4 Å². The molecule has 6 rings (SSSR count). The fraction of sp³-hybridized carbons (Fsp3) is 0.308. The van der Waals surface area contributed by atoms with Crippen LogP contribution in [0, 0.1) is 6.92 Å². The van der Waals surface area contributed by atoms with Crippen LogP contribution in [0.3, 0.4) is 0 Å². The molecule has 4 aromatic carbocycles. The van der Waals surface area contributed by atoms with Gasteiger partial charge in [-0.3, -0.25) is 14.2 Å². The number of carbonyl (C=O) groups is 2. The lowest BCUT2D eigenvalue weighted by atomic mass is 10.00. The molecule has 0 saturated carbocycles. The van der Waals surface area contributed by atoms with Crippen LogP contribution >= 0.6 is 11.6 Å². The molecule has 0 bridgehead atoms. The number of rotatable bonds is 15. The maximum absolute atomic E-state index is 13.8. The van der Waals surface area contributed by atoms with Gasteiger partial charge in [-0.25, -0.2) is 4.79 Å². The van der Waals surface area contributed by atoms with Crippen molar-refractivity contribution in [3.05, 3.63) is 129 Å². The number of aliphatic hydroxyl groups excluding tert-OH is 1. The first-order valence-electron chi connectivity index (χ1n) is 16.7. The van der Waals surface area contributed by atoms with Crippen molar-refractivity contribution in [3.8, 4) is 11.5 Å². The van der Waals surface area contributed by atoms with Gasteiger partial charge in [-0.2, -0.15) is 0 Å². The van der Waals surface area contributed by atoms with Crippen LogP contribution in [-0.2, 0) is 35.4 Å². The second-order valence-electron chi connectivity index (χ2n) is 12.5. The van der Waals surface area contributed by atoms with Crippen molar-refractivity contribution in [3.63, 3.8) is 0 Å². The third-order valence-electron chi connectivity index (χ3n) is 8.98. The number of carbonyl (C=O) groups excluding carboxylic acids is 2. The predicted octanol–water partition coefficient (Wildman–Crippen LogP) is 5.47. The molecule has 2 unspecified atom stereocenters. The average Bonchev–Trinajstić information content (AvgIpc) is 3.72. The molecule has 0 fully saturated rings. The van der Waals surface area contributed by atoms with E-state index in [2.05, 4.69) is 5.32 Å². The Balaban J connectivity index is 1.17. The number of oxazole rings is 1. The van der Waals surface area contributed by atoms with Crippen LogP contribution in [0.15, 0.2) is 100 Å². The molecule has 1 aromatic heterocycles. The van der Waals surface area contributed by atoms with Gasteiger partial charge in [-0.1, -0.05) is 72.3 Å². The van der Waals surface area contributed by atoms with Crippen LogP contribution < -0.4 is 20.5 Å². The van der Waals surface area contributed by atoms with Crippen LogP contribution in [0.5, 0.6) is 11.5 Å². The lowest BCUT2D eigenvalue weighted by Crippen LogP contribution is -2.51. The van der Waals surface area contributed by atoms with Crippen molar-refractivity contribution in [2.75, 3.05) is 19.9 Å². The summed E-state index contributed by atoms with van der Waals surface area (Å²) in [5, 5.41) is 15.4. The molecule has 1 aliphatic rings. The molecule has 1 aliphatic heterocycles. The Morgan fingerprint density at radius 2 is 1.64 bits per heavy atom. The van der Waals surface area contributed by atoms with E-state index < -0.39 is 17.9 Å². The van der Waals surface area contributed by atoms with Gasteiger partial charge in [0.2, 0.25) is 18.6 Å². The first-order chi connectivity index (χ1) is 24.2. The Morgan fingerprint density at radius 3 is 2.46 bits per heavy atom. The number of halogens is 1. The number of nitrogens with zero attached hydrogens (tertiary/aromatic N) is 2. The maximum Gasteiger partial charge on any atom is 0.419 e. The molecule has 2 atom stereocenters. The Bertz CT molecular complexity index is 2010. The van der Waals surface area contributed by atoms with E-state index in [4.69, 9.17) is 25.5 Å². The largest absolute Gasteiger partial charge is 0.454 e. The Hall–Kier alpha value is -5.06. The zero-order valence-electron chi connectivity index (χ0n) is 27.8. The van der Waals surface area contributed by atoms with E-state index >= 15 is 0 Å². The van der Waals surface area contributed by atoms with Gasteiger partial charge in [0.05, 0.1) is 17.7 Å². The summed E-state index contributed by atoms with van der Waals surface area (Å²) < 4.78 is 17.7. The molecule has 2 heterocycles. The topological polar surface area (TPSA) is 123 Å². The number of aromatic nitrogens is 1. The lowest BCUT2D eigenvalue weighted by molar-refractivity contribution is -0.133. The number of nitrogens with one attached hydrogen (secondary N) is 1. The fourth-order valence-corrected chi connectivity index (χ4v) is 6.31. The van der Waals surface area contributed by atoms with Crippen molar-refractivity contribution in [1.82, 2.24) is 14.8 Å². The summed E-state index contributed by atoms with van der Waals surface area (Å²) in [6.45, 7) is 2.55. The summed E-state index contributed by atoms with van der Waals surface area (Å²) in [5.74, 6) is 0.339. The standard InChI is InChI=1S/C39H40ClN3O7/c1-26-11-12-28(21-30(26)40)14-16-38(46)42(19-17-29-13-15-35-36(23-29)49-25-48-35)24-33(44)31(22-27-7-3-2-4-8-27)41-37(45)18-20-43-32-9-5-6-10-34(32)50-39(43)47/h2-13,15,21,23,31,33,44H,14,16-20,22,24-25H2,1H3,(H,41,45).